The van der Waals surface area contributed by atoms with Crippen LogP contribution in [0.5, 0.6) is 0 Å². The highest BCUT2D eigenvalue weighted by atomic mass is 32.1. The Morgan fingerprint density at radius 2 is 1.90 bits per heavy atom. The van der Waals surface area contributed by atoms with Crippen molar-refractivity contribution in [3.8, 4) is 0 Å². The summed E-state index contributed by atoms with van der Waals surface area (Å²) in [6.45, 7) is 0. The first-order valence-electron chi connectivity index (χ1n) is 4.13. The summed E-state index contributed by atoms with van der Waals surface area (Å²) in [5, 5.41) is 0.667. The number of thiol groups is 2. The summed E-state index contributed by atoms with van der Waals surface area (Å²) >= 11 is 8.79. The van der Waals surface area contributed by atoms with E-state index in [1.54, 1.807) is 0 Å². The van der Waals surface area contributed by atoms with Gasteiger partial charge in [0, 0.05) is 5.25 Å². The molecule has 2 heteroatoms. The van der Waals surface area contributed by atoms with Crippen molar-refractivity contribution in [2.24, 2.45) is 5.92 Å². The zero-order chi connectivity index (χ0) is 7.40. The van der Waals surface area contributed by atoms with Gasteiger partial charge in [-0.25, -0.2) is 0 Å². The van der Waals surface area contributed by atoms with E-state index in [1.807, 2.05) is 0 Å². The second-order valence-corrected chi connectivity index (χ2v) is 4.23. The van der Waals surface area contributed by atoms with Crippen LogP contribution in [-0.4, -0.2) is 11.0 Å². The summed E-state index contributed by atoms with van der Waals surface area (Å²) in [7, 11) is 0. The summed E-state index contributed by atoms with van der Waals surface area (Å²) < 4.78 is 0. The molecule has 0 aromatic heterocycles. The van der Waals surface area contributed by atoms with E-state index in [0.717, 1.165) is 11.7 Å². The Morgan fingerprint density at radius 3 is 2.50 bits per heavy atom. The van der Waals surface area contributed by atoms with Gasteiger partial charge in [0.1, 0.15) is 0 Å². The molecule has 0 aromatic carbocycles. The van der Waals surface area contributed by atoms with Gasteiger partial charge in [-0.1, -0.05) is 12.8 Å². The topological polar surface area (TPSA) is 0 Å². The van der Waals surface area contributed by atoms with Crippen LogP contribution in [0.2, 0.25) is 0 Å². The summed E-state index contributed by atoms with van der Waals surface area (Å²) in [6.07, 6.45) is 6.76. The van der Waals surface area contributed by atoms with Crippen molar-refractivity contribution >= 4 is 25.3 Å². The van der Waals surface area contributed by atoms with Gasteiger partial charge in [-0.05, 0) is 30.9 Å². The minimum Gasteiger partial charge on any atom is -0.179 e. The average molecular weight is 176 g/mol. The Bertz CT molecular complexity index is 91.3. The van der Waals surface area contributed by atoms with Crippen molar-refractivity contribution in [3.05, 3.63) is 0 Å². The van der Waals surface area contributed by atoms with Crippen molar-refractivity contribution in [3.63, 3.8) is 0 Å². The fourth-order valence-corrected chi connectivity index (χ4v) is 2.50. The highest BCUT2D eigenvalue weighted by molar-refractivity contribution is 7.81. The molecule has 1 saturated carbocycles. The lowest BCUT2D eigenvalue weighted by Crippen LogP contribution is -2.19. The quantitative estimate of drug-likeness (QED) is 0.594. The van der Waals surface area contributed by atoms with Gasteiger partial charge < -0.3 is 0 Å². The lowest BCUT2D eigenvalue weighted by atomic mass is 9.87. The molecule has 0 radical (unpaired) electrons. The van der Waals surface area contributed by atoms with Gasteiger partial charge >= 0.3 is 0 Å². The molecule has 60 valence electrons. The van der Waals surface area contributed by atoms with Crippen molar-refractivity contribution < 1.29 is 0 Å². The van der Waals surface area contributed by atoms with Crippen LogP contribution >= 0.6 is 25.3 Å². The van der Waals surface area contributed by atoms with E-state index in [-0.39, 0.29) is 0 Å². The summed E-state index contributed by atoms with van der Waals surface area (Å²) in [5.41, 5.74) is 0. The summed E-state index contributed by atoms with van der Waals surface area (Å²) in [4.78, 5) is 0. The maximum absolute atomic E-state index is 4.56. The molecule has 0 nitrogen and oxygen atoms in total. The van der Waals surface area contributed by atoms with E-state index in [9.17, 15) is 0 Å². The molecule has 10 heavy (non-hydrogen) atoms. The standard InChI is InChI=1S/C8H16S2/c9-6-5-7-3-1-2-4-8(7)10/h7-10H,1-6H2. The maximum atomic E-state index is 4.56. The van der Waals surface area contributed by atoms with Gasteiger partial charge in [0.05, 0.1) is 0 Å². The Balaban J connectivity index is 2.25. The monoisotopic (exact) mass is 176 g/mol. The molecule has 0 heterocycles. The van der Waals surface area contributed by atoms with Crippen LogP contribution in [0.1, 0.15) is 32.1 Å². The third-order valence-electron chi connectivity index (χ3n) is 2.37. The van der Waals surface area contributed by atoms with Gasteiger partial charge in [0.2, 0.25) is 0 Å². The molecule has 1 aliphatic rings. The van der Waals surface area contributed by atoms with E-state index in [1.165, 1.54) is 32.1 Å². The molecule has 1 rings (SSSR count). The van der Waals surface area contributed by atoms with E-state index < -0.39 is 0 Å². The fraction of sp³-hybridized carbons (Fsp3) is 1.00. The molecule has 2 atom stereocenters. The maximum Gasteiger partial charge on any atom is 0.00453 e. The van der Waals surface area contributed by atoms with Crippen LogP contribution in [0.4, 0.5) is 0 Å². The minimum atomic E-state index is 0.667. The van der Waals surface area contributed by atoms with Crippen molar-refractivity contribution in [1.82, 2.24) is 0 Å². The van der Waals surface area contributed by atoms with E-state index in [0.29, 0.717) is 5.25 Å². The first kappa shape index (κ1) is 8.79. The summed E-state index contributed by atoms with van der Waals surface area (Å²) in [5.74, 6) is 1.89. The normalized spacial score (nSPS) is 34.2. The highest BCUT2D eigenvalue weighted by Crippen LogP contribution is 2.30. The van der Waals surface area contributed by atoms with Gasteiger partial charge in [-0.3, -0.25) is 0 Å². The van der Waals surface area contributed by atoms with Crippen LogP contribution in [0, 0.1) is 5.92 Å². The smallest absolute Gasteiger partial charge is 0.00453 e. The summed E-state index contributed by atoms with van der Waals surface area (Å²) in [6, 6.07) is 0. The molecule has 0 N–H and O–H groups in total. The van der Waals surface area contributed by atoms with Crippen LogP contribution in [0.25, 0.3) is 0 Å². The zero-order valence-corrected chi connectivity index (χ0v) is 8.08. The van der Waals surface area contributed by atoms with Crippen LogP contribution in [0.3, 0.4) is 0 Å². The lowest BCUT2D eigenvalue weighted by Gasteiger charge is -2.27. The number of hydrogen-bond acceptors (Lipinski definition) is 2. The van der Waals surface area contributed by atoms with Crippen LogP contribution < -0.4 is 0 Å². The van der Waals surface area contributed by atoms with Gasteiger partial charge in [0.25, 0.3) is 0 Å². The molecule has 0 aromatic rings. The zero-order valence-electron chi connectivity index (χ0n) is 6.29. The molecule has 2 unspecified atom stereocenters. The van der Waals surface area contributed by atoms with Gasteiger partial charge in [-0.2, -0.15) is 25.3 Å². The predicted octanol–water partition coefficient (Wildman–Crippen LogP) is 2.79. The molecular weight excluding hydrogens is 160 g/mol. The third-order valence-corrected chi connectivity index (χ3v) is 3.31. The second-order valence-electron chi connectivity index (χ2n) is 3.12. The number of rotatable bonds is 2. The third kappa shape index (κ3) is 2.39. The molecule has 0 aliphatic heterocycles. The van der Waals surface area contributed by atoms with E-state index in [4.69, 9.17) is 0 Å². The highest BCUT2D eigenvalue weighted by Gasteiger charge is 2.20. The van der Waals surface area contributed by atoms with Crippen molar-refractivity contribution in [1.29, 1.82) is 0 Å². The van der Waals surface area contributed by atoms with E-state index in [2.05, 4.69) is 25.3 Å². The molecule has 1 aliphatic carbocycles. The predicted molar refractivity (Wildman–Crippen MR) is 53.2 cm³/mol. The van der Waals surface area contributed by atoms with Crippen molar-refractivity contribution in [2.75, 3.05) is 5.75 Å². The molecular formula is C8H16S2. The Morgan fingerprint density at radius 1 is 1.20 bits per heavy atom. The average Bonchev–Trinajstić information content (AvgIpc) is 1.94. The van der Waals surface area contributed by atoms with Gasteiger partial charge in [-0.15, -0.1) is 0 Å². The molecule has 0 saturated heterocycles. The molecule has 0 bridgehead atoms. The first-order chi connectivity index (χ1) is 4.84. The molecule has 1 fully saturated rings. The molecule has 0 spiro atoms. The lowest BCUT2D eigenvalue weighted by molar-refractivity contribution is 0.365. The minimum absolute atomic E-state index is 0.667. The Kier molecular flexibility index (Phi) is 4.00. The molecule has 0 amide bonds. The largest absolute Gasteiger partial charge is 0.179 e. The van der Waals surface area contributed by atoms with Crippen LogP contribution in [-0.2, 0) is 0 Å². The Hall–Kier alpha value is 0.700. The fourth-order valence-electron chi connectivity index (χ4n) is 1.69. The first-order valence-corrected chi connectivity index (χ1v) is 5.28. The SMILES string of the molecule is SCCC1CCCCC1S. The van der Waals surface area contributed by atoms with Crippen LogP contribution in [0.15, 0.2) is 0 Å². The van der Waals surface area contributed by atoms with Gasteiger partial charge in [0.15, 0.2) is 0 Å². The Labute approximate surface area is 74.6 Å². The number of hydrogen-bond donors (Lipinski definition) is 2. The van der Waals surface area contributed by atoms with Crippen molar-refractivity contribution in [2.45, 2.75) is 37.4 Å². The second kappa shape index (κ2) is 4.55. The van der Waals surface area contributed by atoms with E-state index >= 15 is 0 Å².